The molecule has 2 aromatic rings. The Hall–Kier alpha value is -2.87. The van der Waals surface area contributed by atoms with Gasteiger partial charge in [0.2, 0.25) is 5.91 Å². The minimum absolute atomic E-state index is 0.108. The van der Waals surface area contributed by atoms with E-state index in [4.69, 9.17) is 0 Å². The van der Waals surface area contributed by atoms with Crippen LogP contribution in [0.15, 0.2) is 36.8 Å². The van der Waals surface area contributed by atoms with Gasteiger partial charge in [0.25, 0.3) is 5.91 Å². The third-order valence-electron chi connectivity index (χ3n) is 6.44. The molecule has 0 radical (unpaired) electrons. The van der Waals surface area contributed by atoms with E-state index in [1.165, 1.54) is 31.4 Å². The van der Waals surface area contributed by atoms with Crippen molar-refractivity contribution in [3.05, 3.63) is 59.4 Å². The molecule has 170 valence electrons. The maximum Gasteiger partial charge on any atom is 0.254 e. The van der Waals surface area contributed by atoms with Gasteiger partial charge in [-0.25, -0.2) is 14.4 Å². The van der Waals surface area contributed by atoms with Crippen LogP contribution in [-0.2, 0) is 17.8 Å². The van der Waals surface area contributed by atoms with Crippen molar-refractivity contribution in [2.75, 3.05) is 32.7 Å². The summed E-state index contributed by atoms with van der Waals surface area (Å²) in [6, 6.07) is 6.39. The number of rotatable bonds is 7. The Bertz CT molecular complexity index is 939. The highest BCUT2D eigenvalue weighted by molar-refractivity contribution is 5.94. The van der Waals surface area contributed by atoms with Crippen molar-refractivity contribution in [3.63, 3.8) is 0 Å². The molecule has 0 atom stereocenters. The fraction of sp³-hybridized carbons (Fsp3) is 0.500. The molecule has 1 N–H and O–H groups in total. The molecule has 2 aliphatic rings. The predicted molar refractivity (Wildman–Crippen MR) is 118 cm³/mol. The molecule has 2 fully saturated rings. The number of benzene rings is 1. The van der Waals surface area contributed by atoms with E-state index in [0.717, 1.165) is 39.0 Å². The molecule has 0 bridgehead atoms. The van der Waals surface area contributed by atoms with Crippen molar-refractivity contribution in [1.29, 1.82) is 0 Å². The largest absolute Gasteiger partial charge is 0.348 e. The van der Waals surface area contributed by atoms with Crippen molar-refractivity contribution in [2.45, 2.75) is 38.6 Å². The molecule has 0 aliphatic carbocycles. The first kappa shape index (κ1) is 22.3. The Balaban J connectivity index is 1.30. The lowest BCUT2D eigenvalue weighted by atomic mass is 9.90. The van der Waals surface area contributed by atoms with Crippen LogP contribution in [0.3, 0.4) is 0 Å². The van der Waals surface area contributed by atoms with Crippen molar-refractivity contribution < 1.29 is 14.0 Å². The number of carbonyl (C=O) groups excluding carboxylic acids is 2. The van der Waals surface area contributed by atoms with E-state index < -0.39 is 0 Å². The average molecular weight is 440 g/mol. The molecule has 0 spiro atoms. The van der Waals surface area contributed by atoms with Crippen LogP contribution in [-0.4, -0.2) is 64.3 Å². The second kappa shape index (κ2) is 10.6. The second-order valence-electron chi connectivity index (χ2n) is 8.67. The number of nitrogens with one attached hydrogen (secondary N) is 1. The molecule has 1 aromatic carbocycles. The summed E-state index contributed by atoms with van der Waals surface area (Å²) < 4.78 is 13.8. The van der Waals surface area contributed by atoms with Crippen LogP contribution in [0, 0.1) is 11.7 Å². The number of hydrogen-bond donors (Lipinski definition) is 1. The predicted octanol–water partition coefficient (Wildman–Crippen LogP) is 2.42. The summed E-state index contributed by atoms with van der Waals surface area (Å²) in [6.45, 7) is 4.18. The minimum atomic E-state index is -0.344. The Morgan fingerprint density at radius 3 is 2.59 bits per heavy atom. The monoisotopic (exact) mass is 439 g/mol. The van der Waals surface area contributed by atoms with Gasteiger partial charge in [-0.05, 0) is 57.2 Å². The lowest BCUT2D eigenvalue weighted by molar-refractivity contribution is -0.133. The number of piperidine rings is 1. The van der Waals surface area contributed by atoms with Gasteiger partial charge in [0, 0.05) is 31.4 Å². The average Bonchev–Trinajstić information content (AvgIpc) is 3.32. The van der Waals surface area contributed by atoms with Crippen molar-refractivity contribution >= 4 is 11.8 Å². The number of carbonyl (C=O) groups is 2. The van der Waals surface area contributed by atoms with Gasteiger partial charge in [0.05, 0.1) is 17.8 Å². The Labute approximate surface area is 188 Å². The summed E-state index contributed by atoms with van der Waals surface area (Å²) in [5.41, 5.74) is 1.56. The highest BCUT2D eigenvalue weighted by Crippen LogP contribution is 2.23. The molecule has 2 saturated heterocycles. The van der Waals surface area contributed by atoms with Crippen LogP contribution in [0.1, 0.15) is 47.3 Å². The summed E-state index contributed by atoms with van der Waals surface area (Å²) in [5, 5.41) is 2.77. The number of aromatic nitrogens is 2. The van der Waals surface area contributed by atoms with Gasteiger partial charge in [0.1, 0.15) is 12.1 Å². The van der Waals surface area contributed by atoms with Crippen LogP contribution in [0.2, 0.25) is 0 Å². The normalized spacial score (nSPS) is 17.5. The molecule has 2 aliphatic heterocycles. The maximum absolute atomic E-state index is 13.8. The SMILES string of the molecule is O=C(NCc1ccccc1F)c1cncnc1CC1CCN(C(=O)CN2CCCC2)CC1. The Morgan fingerprint density at radius 2 is 1.84 bits per heavy atom. The fourth-order valence-electron chi connectivity index (χ4n) is 4.51. The zero-order valence-corrected chi connectivity index (χ0v) is 18.3. The van der Waals surface area contributed by atoms with Gasteiger partial charge in [-0.2, -0.15) is 0 Å². The Morgan fingerprint density at radius 1 is 1.09 bits per heavy atom. The third-order valence-corrected chi connectivity index (χ3v) is 6.44. The van der Waals surface area contributed by atoms with Crippen molar-refractivity contribution in [2.24, 2.45) is 5.92 Å². The fourth-order valence-corrected chi connectivity index (χ4v) is 4.51. The molecule has 32 heavy (non-hydrogen) atoms. The summed E-state index contributed by atoms with van der Waals surface area (Å²) in [7, 11) is 0. The van der Waals surface area contributed by atoms with E-state index in [2.05, 4.69) is 20.2 Å². The van der Waals surface area contributed by atoms with Crippen molar-refractivity contribution in [1.82, 2.24) is 25.1 Å². The second-order valence-corrected chi connectivity index (χ2v) is 8.67. The van der Waals surface area contributed by atoms with Gasteiger partial charge in [-0.1, -0.05) is 18.2 Å². The lowest BCUT2D eigenvalue weighted by Crippen LogP contribution is -2.44. The van der Waals surface area contributed by atoms with E-state index in [1.54, 1.807) is 18.2 Å². The molecule has 0 saturated carbocycles. The number of amides is 2. The van der Waals surface area contributed by atoms with Crippen LogP contribution < -0.4 is 5.32 Å². The van der Waals surface area contributed by atoms with Crippen LogP contribution in [0.5, 0.6) is 0 Å². The highest BCUT2D eigenvalue weighted by Gasteiger charge is 2.26. The van der Waals surface area contributed by atoms with E-state index >= 15 is 0 Å². The minimum Gasteiger partial charge on any atom is -0.348 e. The molecule has 7 nitrogen and oxygen atoms in total. The van der Waals surface area contributed by atoms with E-state index in [-0.39, 0.29) is 24.2 Å². The van der Waals surface area contributed by atoms with Gasteiger partial charge >= 0.3 is 0 Å². The first-order valence-electron chi connectivity index (χ1n) is 11.4. The molecule has 3 heterocycles. The first-order valence-corrected chi connectivity index (χ1v) is 11.4. The zero-order chi connectivity index (χ0) is 22.3. The summed E-state index contributed by atoms with van der Waals surface area (Å²) in [6.07, 6.45) is 7.80. The number of likely N-dealkylation sites (tertiary alicyclic amines) is 2. The van der Waals surface area contributed by atoms with E-state index in [1.807, 2.05) is 4.90 Å². The van der Waals surface area contributed by atoms with Crippen LogP contribution in [0.25, 0.3) is 0 Å². The van der Waals surface area contributed by atoms with Gasteiger partial charge < -0.3 is 10.2 Å². The van der Waals surface area contributed by atoms with E-state index in [9.17, 15) is 14.0 Å². The van der Waals surface area contributed by atoms with Gasteiger partial charge in [-0.15, -0.1) is 0 Å². The molecular formula is C24H30FN5O2. The van der Waals surface area contributed by atoms with E-state index in [0.29, 0.717) is 35.7 Å². The Kier molecular flexibility index (Phi) is 7.42. The quantitative estimate of drug-likeness (QED) is 0.717. The summed E-state index contributed by atoms with van der Waals surface area (Å²) in [4.78, 5) is 37.9. The molecule has 1 aromatic heterocycles. The number of hydrogen-bond acceptors (Lipinski definition) is 5. The van der Waals surface area contributed by atoms with Crippen molar-refractivity contribution in [3.8, 4) is 0 Å². The molecule has 8 heteroatoms. The standard InChI is InChI=1S/C24H30FN5O2/c25-21-6-2-1-5-19(21)14-27-24(32)20-15-26-17-28-22(20)13-18-7-11-30(12-8-18)23(31)16-29-9-3-4-10-29/h1-2,5-6,15,17-18H,3-4,7-14,16H2,(H,27,32). The molecule has 2 amide bonds. The zero-order valence-electron chi connectivity index (χ0n) is 18.3. The van der Waals surface area contributed by atoms with Crippen LogP contribution >= 0.6 is 0 Å². The van der Waals surface area contributed by atoms with Gasteiger partial charge in [-0.3, -0.25) is 14.5 Å². The number of halogens is 1. The molecular weight excluding hydrogens is 409 g/mol. The lowest BCUT2D eigenvalue weighted by Gasteiger charge is -2.33. The summed E-state index contributed by atoms with van der Waals surface area (Å²) in [5.74, 6) is -0.0649. The third kappa shape index (κ3) is 5.68. The number of nitrogens with zero attached hydrogens (tertiary/aromatic N) is 4. The smallest absolute Gasteiger partial charge is 0.254 e. The molecule has 0 unspecified atom stereocenters. The summed E-state index contributed by atoms with van der Waals surface area (Å²) >= 11 is 0. The molecule has 4 rings (SSSR count). The maximum atomic E-state index is 13.8. The first-order chi connectivity index (χ1) is 15.6. The van der Waals surface area contributed by atoms with Crippen LogP contribution in [0.4, 0.5) is 4.39 Å². The topological polar surface area (TPSA) is 78.4 Å². The van der Waals surface area contributed by atoms with Gasteiger partial charge in [0.15, 0.2) is 0 Å². The highest BCUT2D eigenvalue weighted by atomic mass is 19.1.